The lowest BCUT2D eigenvalue weighted by Gasteiger charge is -2.26. The highest BCUT2D eigenvalue weighted by Crippen LogP contribution is 2.51. The van der Waals surface area contributed by atoms with Crippen molar-refractivity contribution < 1.29 is 27.1 Å². The van der Waals surface area contributed by atoms with Gasteiger partial charge in [-0.2, -0.15) is 13.0 Å². The zero-order valence-corrected chi connectivity index (χ0v) is 38.6. The minimum Gasteiger partial charge on any atom is -0.349 e. The molecule has 0 bridgehead atoms. The number of benzene rings is 6. The number of carbonyl (C=O) groups excluding carboxylic acids is 2. The molecule has 332 valence electrons. The SMILES string of the molecule is CC1(C)C(/C=C/C=C/C=C2\N(CS(=O)(=O)O)c3ccc4ccccc4c3C2(C)C)=[N+](CC(=O)NCCNC(=O)c2cc3ccccc3c(-c3ccccc3Cl)n2)c2ccc3ccccc3c21. The predicted molar refractivity (Wildman–Crippen MR) is 267 cm³/mol. The molecule has 0 aliphatic carbocycles. The molecule has 2 aliphatic heterocycles. The van der Waals surface area contributed by atoms with Crippen LogP contribution < -0.4 is 15.5 Å². The molecular formula is C54H49ClN5O5S+. The van der Waals surface area contributed by atoms with Crippen molar-refractivity contribution in [1.29, 1.82) is 0 Å². The Labute approximate surface area is 389 Å². The van der Waals surface area contributed by atoms with Gasteiger partial charge in [0.05, 0.1) is 11.1 Å². The summed E-state index contributed by atoms with van der Waals surface area (Å²) in [5.41, 5.74) is 5.94. The second kappa shape index (κ2) is 17.5. The van der Waals surface area contributed by atoms with Gasteiger partial charge in [0, 0.05) is 63.6 Å². The van der Waals surface area contributed by atoms with Gasteiger partial charge >= 0.3 is 0 Å². The van der Waals surface area contributed by atoms with E-state index in [1.54, 1.807) is 17.0 Å². The van der Waals surface area contributed by atoms with Gasteiger partial charge in [-0.3, -0.25) is 14.1 Å². The smallest absolute Gasteiger partial charge is 0.286 e. The number of rotatable bonds is 12. The summed E-state index contributed by atoms with van der Waals surface area (Å²) in [6.07, 6.45) is 9.61. The van der Waals surface area contributed by atoms with Crippen LogP contribution in [-0.2, 0) is 25.7 Å². The molecule has 9 rings (SSSR count). The van der Waals surface area contributed by atoms with Crippen LogP contribution in [0.15, 0.2) is 163 Å². The normalized spacial score (nSPS) is 16.0. The number of nitrogens with one attached hydrogen (secondary N) is 2. The first-order chi connectivity index (χ1) is 31.6. The van der Waals surface area contributed by atoms with E-state index >= 15 is 0 Å². The van der Waals surface area contributed by atoms with Crippen LogP contribution in [0.25, 0.3) is 43.6 Å². The van der Waals surface area contributed by atoms with Crippen LogP contribution >= 0.6 is 11.6 Å². The van der Waals surface area contributed by atoms with Crippen LogP contribution in [0.2, 0.25) is 5.02 Å². The third kappa shape index (κ3) is 8.30. The van der Waals surface area contributed by atoms with Crippen molar-refractivity contribution in [2.45, 2.75) is 38.5 Å². The lowest BCUT2D eigenvalue weighted by molar-refractivity contribution is -0.425. The van der Waals surface area contributed by atoms with E-state index in [-0.39, 0.29) is 37.1 Å². The third-order valence-corrected chi connectivity index (χ3v) is 13.6. The summed E-state index contributed by atoms with van der Waals surface area (Å²) in [5.74, 6) is -1.16. The number of fused-ring (bicyclic) bond motifs is 7. The van der Waals surface area contributed by atoms with Crippen molar-refractivity contribution in [1.82, 2.24) is 15.6 Å². The van der Waals surface area contributed by atoms with E-state index in [9.17, 15) is 22.6 Å². The van der Waals surface area contributed by atoms with Crippen LogP contribution in [0.1, 0.15) is 49.3 Å². The number of anilines is 1. The zero-order chi connectivity index (χ0) is 46.4. The average molecular weight is 916 g/mol. The molecule has 1 aromatic heterocycles. The number of nitrogens with zero attached hydrogens (tertiary/aromatic N) is 3. The highest BCUT2D eigenvalue weighted by molar-refractivity contribution is 7.85. The van der Waals surface area contributed by atoms with Crippen molar-refractivity contribution in [2.75, 3.05) is 30.4 Å². The summed E-state index contributed by atoms with van der Waals surface area (Å²) in [6.45, 7) is 8.86. The molecule has 0 spiro atoms. The standard InChI is InChI=1S/C54H48ClN5O5S/c1-53(2)46(24-6-5-7-25-47-54(3,4)50-39-20-12-9-17-36(39)27-29-45(50)60(47)34-66(63,64)65)59(44-28-26-35-16-8-11-19-38(35)49(44)53)33-48(61)56-30-31-57-52(62)43-32-37-18-10-13-21-40(37)51(58-43)41-22-14-15-23-42(41)55/h5-29,32H,30-31,33-34H2,1-4H3,(H2-,56,57,61,62,63,64,65)/p+1. The zero-order valence-electron chi connectivity index (χ0n) is 37.0. The molecule has 10 nitrogen and oxygen atoms in total. The number of pyridine rings is 1. The first kappa shape index (κ1) is 44.3. The van der Waals surface area contributed by atoms with E-state index in [1.807, 2.05) is 126 Å². The molecule has 66 heavy (non-hydrogen) atoms. The molecular weight excluding hydrogens is 866 g/mol. The molecule has 0 atom stereocenters. The Balaban J connectivity index is 0.952. The van der Waals surface area contributed by atoms with E-state index in [1.165, 1.54) is 0 Å². The van der Waals surface area contributed by atoms with Gasteiger partial charge in [0.25, 0.3) is 21.9 Å². The van der Waals surface area contributed by atoms with E-state index in [0.717, 1.165) is 71.8 Å². The topological polar surface area (TPSA) is 132 Å². The summed E-state index contributed by atoms with van der Waals surface area (Å²) in [4.78, 5) is 33.7. The van der Waals surface area contributed by atoms with Gasteiger partial charge < -0.3 is 15.5 Å². The molecule has 3 N–H and O–H groups in total. The summed E-state index contributed by atoms with van der Waals surface area (Å²) in [5, 5.41) is 12.5. The number of hydrogen-bond acceptors (Lipinski definition) is 6. The molecule has 0 saturated carbocycles. The minimum absolute atomic E-state index is 0.0363. The van der Waals surface area contributed by atoms with Gasteiger partial charge in [0.1, 0.15) is 5.69 Å². The summed E-state index contributed by atoms with van der Waals surface area (Å²) >= 11 is 6.56. The van der Waals surface area contributed by atoms with Gasteiger partial charge in [-0.05, 0) is 76.7 Å². The largest absolute Gasteiger partial charge is 0.349 e. The predicted octanol–water partition coefficient (Wildman–Crippen LogP) is 10.4. The lowest BCUT2D eigenvalue weighted by atomic mass is 9.79. The first-order valence-electron chi connectivity index (χ1n) is 21.8. The third-order valence-electron chi connectivity index (χ3n) is 12.7. The van der Waals surface area contributed by atoms with Crippen molar-refractivity contribution in [2.24, 2.45) is 0 Å². The fraction of sp³-hybridized carbons (Fsp3) is 0.185. The second-order valence-electron chi connectivity index (χ2n) is 17.7. The Morgan fingerprint density at radius 2 is 1.35 bits per heavy atom. The number of halogens is 1. The second-order valence-corrected chi connectivity index (χ2v) is 19.5. The number of allylic oxidation sites excluding steroid dienone is 6. The Bertz CT molecular complexity index is 3370. The minimum atomic E-state index is -4.36. The van der Waals surface area contributed by atoms with Gasteiger partial charge in [-0.1, -0.05) is 141 Å². The molecule has 7 aromatic rings. The Morgan fingerprint density at radius 3 is 2.06 bits per heavy atom. The first-order valence-corrected chi connectivity index (χ1v) is 23.8. The highest BCUT2D eigenvalue weighted by atomic mass is 35.5. The van der Waals surface area contributed by atoms with Gasteiger partial charge in [-0.15, -0.1) is 0 Å². The Kier molecular flexibility index (Phi) is 11.7. The maximum atomic E-state index is 13.8. The average Bonchev–Trinajstić information content (AvgIpc) is 3.64. The lowest BCUT2D eigenvalue weighted by Crippen LogP contribution is -2.38. The van der Waals surface area contributed by atoms with Gasteiger partial charge in [0.2, 0.25) is 12.2 Å². The summed E-state index contributed by atoms with van der Waals surface area (Å²) in [7, 11) is -4.36. The molecule has 6 aromatic carbocycles. The van der Waals surface area contributed by atoms with E-state index in [0.29, 0.717) is 10.7 Å². The summed E-state index contributed by atoms with van der Waals surface area (Å²) in [6, 6.07) is 41.2. The molecule has 2 amide bonds. The fourth-order valence-electron chi connectivity index (χ4n) is 9.74. The van der Waals surface area contributed by atoms with Gasteiger partial charge in [0.15, 0.2) is 11.6 Å². The number of carbonyl (C=O) groups is 2. The quantitative estimate of drug-likeness (QED) is 0.0481. The van der Waals surface area contributed by atoms with Crippen molar-refractivity contribution in [3.05, 3.63) is 185 Å². The molecule has 0 unspecified atom stereocenters. The maximum Gasteiger partial charge on any atom is 0.286 e. The molecule has 0 radical (unpaired) electrons. The van der Waals surface area contributed by atoms with E-state index < -0.39 is 26.8 Å². The monoisotopic (exact) mass is 914 g/mol. The number of hydrogen-bond donors (Lipinski definition) is 3. The van der Waals surface area contributed by atoms with Crippen LogP contribution in [0.3, 0.4) is 0 Å². The molecule has 0 saturated heterocycles. The van der Waals surface area contributed by atoms with E-state index in [2.05, 4.69) is 62.6 Å². The van der Waals surface area contributed by atoms with Crippen molar-refractivity contribution in [3.8, 4) is 11.3 Å². The summed E-state index contributed by atoms with van der Waals surface area (Å²) < 4.78 is 36.7. The molecule has 2 aliphatic rings. The molecule has 0 fully saturated rings. The van der Waals surface area contributed by atoms with Crippen LogP contribution in [-0.4, -0.2) is 65.6 Å². The molecule has 3 heterocycles. The van der Waals surface area contributed by atoms with Crippen LogP contribution in [0.5, 0.6) is 0 Å². The van der Waals surface area contributed by atoms with Crippen molar-refractivity contribution in [3.63, 3.8) is 0 Å². The van der Waals surface area contributed by atoms with E-state index in [4.69, 9.17) is 16.6 Å². The Hall–Kier alpha value is -6.92. The number of amides is 2. The van der Waals surface area contributed by atoms with Crippen LogP contribution in [0, 0.1) is 0 Å². The Morgan fingerprint density at radius 1 is 0.727 bits per heavy atom. The van der Waals surface area contributed by atoms with Crippen LogP contribution in [0.4, 0.5) is 11.4 Å². The van der Waals surface area contributed by atoms with Crippen molar-refractivity contribution >= 4 is 82.9 Å². The molecule has 12 heteroatoms. The van der Waals surface area contributed by atoms with Gasteiger partial charge in [-0.25, -0.2) is 4.98 Å². The maximum absolute atomic E-state index is 13.8. The number of aromatic nitrogens is 1. The highest BCUT2D eigenvalue weighted by Gasteiger charge is 2.46. The fourth-order valence-corrected chi connectivity index (χ4v) is 10.6.